The van der Waals surface area contributed by atoms with Gasteiger partial charge in [0.05, 0.1) is 12.1 Å². The number of rotatable bonds is 4. The van der Waals surface area contributed by atoms with Crippen molar-refractivity contribution in [1.82, 2.24) is 4.90 Å². The third kappa shape index (κ3) is 4.02. The van der Waals surface area contributed by atoms with E-state index in [0.717, 1.165) is 18.4 Å². The zero-order chi connectivity index (χ0) is 21.0. The van der Waals surface area contributed by atoms with Gasteiger partial charge in [0.2, 0.25) is 5.91 Å². The summed E-state index contributed by atoms with van der Waals surface area (Å²) in [5.74, 6) is 0.0633. The number of carbonyl (C=O) groups excluding carboxylic acids is 1. The fraction of sp³-hybridized carbons (Fsp3) is 0.138. The molecular formula is C29H25NO. The van der Waals surface area contributed by atoms with Gasteiger partial charge in [0, 0.05) is 6.08 Å². The van der Waals surface area contributed by atoms with Gasteiger partial charge in [0.15, 0.2) is 0 Å². The number of amides is 1. The van der Waals surface area contributed by atoms with Crippen molar-refractivity contribution in [2.75, 3.05) is 0 Å². The lowest BCUT2D eigenvalue weighted by Gasteiger charge is -2.30. The molecule has 5 rings (SSSR count). The molecule has 0 N–H and O–H groups in total. The zero-order valence-electron chi connectivity index (χ0n) is 17.4. The standard InChI is InChI=1S/C29H25NO/c31-29(20-16-22-15-17-23-9-7-8-14-26(23)21-22)30-27(24-10-3-1-4-11-24)18-19-28(30)25-12-5-2-6-13-25/h1-17,20-21,27-28H,18-19H2/b20-16+/t27-,28-/m0/s1. The van der Waals surface area contributed by atoms with Crippen LogP contribution >= 0.6 is 0 Å². The Morgan fingerprint density at radius 3 is 1.84 bits per heavy atom. The summed E-state index contributed by atoms with van der Waals surface area (Å²) in [6.07, 6.45) is 5.62. The Kier molecular flexibility index (Phi) is 5.37. The van der Waals surface area contributed by atoms with Crippen molar-refractivity contribution in [3.63, 3.8) is 0 Å². The van der Waals surface area contributed by atoms with E-state index in [4.69, 9.17) is 0 Å². The summed E-state index contributed by atoms with van der Waals surface area (Å²) in [5.41, 5.74) is 3.44. The van der Waals surface area contributed by atoms with E-state index in [1.807, 2.05) is 30.3 Å². The molecule has 2 atom stereocenters. The van der Waals surface area contributed by atoms with Crippen LogP contribution in [0.15, 0.2) is 109 Å². The lowest BCUT2D eigenvalue weighted by Crippen LogP contribution is -2.31. The smallest absolute Gasteiger partial charge is 0.247 e. The highest BCUT2D eigenvalue weighted by Crippen LogP contribution is 2.44. The molecule has 0 aromatic heterocycles. The van der Waals surface area contributed by atoms with Gasteiger partial charge in [-0.3, -0.25) is 4.79 Å². The highest BCUT2D eigenvalue weighted by Gasteiger charge is 2.37. The van der Waals surface area contributed by atoms with Crippen molar-refractivity contribution in [1.29, 1.82) is 0 Å². The van der Waals surface area contributed by atoms with Crippen LogP contribution in [0.5, 0.6) is 0 Å². The van der Waals surface area contributed by atoms with Gasteiger partial charge >= 0.3 is 0 Å². The summed E-state index contributed by atoms with van der Waals surface area (Å²) in [6, 6.07) is 35.6. The largest absolute Gasteiger partial charge is 0.325 e. The second-order valence-corrected chi connectivity index (χ2v) is 8.12. The number of hydrogen-bond donors (Lipinski definition) is 0. The van der Waals surface area contributed by atoms with Gasteiger partial charge in [0.25, 0.3) is 0 Å². The molecule has 0 unspecified atom stereocenters. The normalized spacial score (nSPS) is 18.6. The maximum absolute atomic E-state index is 13.5. The van der Waals surface area contributed by atoms with Crippen LogP contribution < -0.4 is 0 Å². The molecule has 152 valence electrons. The topological polar surface area (TPSA) is 20.3 Å². The van der Waals surface area contributed by atoms with Crippen molar-refractivity contribution in [2.24, 2.45) is 0 Å². The van der Waals surface area contributed by atoms with Crippen LogP contribution in [-0.2, 0) is 4.79 Å². The molecule has 31 heavy (non-hydrogen) atoms. The maximum Gasteiger partial charge on any atom is 0.247 e. The van der Waals surface area contributed by atoms with E-state index in [9.17, 15) is 4.79 Å². The minimum absolute atomic E-state index is 0.0633. The molecule has 0 saturated carbocycles. The van der Waals surface area contributed by atoms with Crippen LogP contribution in [0.4, 0.5) is 0 Å². The molecule has 0 bridgehead atoms. The van der Waals surface area contributed by atoms with Gasteiger partial charge in [-0.15, -0.1) is 0 Å². The molecule has 1 saturated heterocycles. The van der Waals surface area contributed by atoms with Crippen LogP contribution in [0.3, 0.4) is 0 Å². The summed E-state index contributed by atoms with van der Waals surface area (Å²) in [5, 5.41) is 2.39. The van der Waals surface area contributed by atoms with Crippen molar-refractivity contribution >= 4 is 22.8 Å². The fourth-order valence-corrected chi connectivity index (χ4v) is 4.69. The average molecular weight is 404 g/mol. The Hall–Kier alpha value is -3.65. The quantitative estimate of drug-likeness (QED) is 0.337. The summed E-state index contributed by atoms with van der Waals surface area (Å²) in [6.45, 7) is 0. The third-order valence-electron chi connectivity index (χ3n) is 6.20. The molecule has 0 aliphatic carbocycles. The molecule has 4 aromatic carbocycles. The first-order valence-electron chi connectivity index (χ1n) is 10.9. The highest BCUT2D eigenvalue weighted by atomic mass is 16.2. The fourth-order valence-electron chi connectivity index (χ4n) is 4.69. The van der Waals surface area contributed by atoms with E-state index in [0.29, 0.717) is 0 Å². The van der Waals surface area contributed by atoms with Gasteiger partial charge in [0.1, 0.15) is 0 Å². The minimum Gasteiger partial charge on any atom is -0.325 e. The van der Waals surface area contributed by atoms with Crippen molar-refractivity contribution in [3.05, 3.63) is 126 Å². The molecule has 4 aromatic rings. The lowest BCUT2D eigenvalue weighted by molar-refractivity contribution is -0.129. The molecule has 1 aliphatic heterocycles. The Balaban J connectivity index is 1.46. The van der Waals surface area contributed by atoms with Gasteiger partial charge < -0.3 is 4.90 Å². The summed E-state index contributed by atoms with van der Waals surface area (Å²) >= 11 is 0. The van der Waals surface area contributed by atoms with Gasteiger partial charge in [-0.05, 0) is 52.4 Å². The Labute approximate surface area is 183 Å². The Morgan fingerprint density at radius 2 is 1.23 bits per heavy atom. The monoisotopic (exact) mass is 403 g/mol. The third-order valence-corrected chi connectivity index (χ3v) is 6.20. The van der Waals surface area contributed by atoms with Crippen LogP contribution in [-0.4, -0.2) is 10.8 Å². The number of likely N-dealkylation sites (tertiary alicyclic amines) is 1. The molecule has 1 aliphatic rings. The van der Waals surface area contributed by atoms with Crippen LogP contribution in [0, 0.1) is 0 Å². The SMILES string of the molecule is O=C(/C=C/c1ccc2ccccc2c1)N1[C@H](c2ccccc2)CC[C@H]1c1ccccc1. The van der Waals surface area contributed by atoms with E-state index in [-0.39, 0.29) is 18.0 Å². The molecule has 0 radical (unpaired) electrons. The molecule has 1 heterocycles. The molecular weight excluding hydrogens is 378 g/mol. The maximum atomic E-state index is 13.5. The molecule has 0 spiro atoms. The highest BCUT2D eigenvalue weighted by molar-refractivity contribution is 5.93. The lowest BCUT2D eigenvalue weighted by atomic mass is 10.0. The summed E-state index contributed by atoms with van der Waals surface area (Å²) < 4.78 is 0. The minimum atomic E-state index is 0.0633. The number of hydrogen-bond acceptors (Lipinski definition) is 1. The summed E-state index contributed by atoms with van der Waals surface area (Å²) in [4.78, 5) is 15.6. The molecule has 1 amide bonds. The first kappa shape index (κ1) is 19.3. The number of fused-ring (bicyclic) bond motifs is 1. The first-order chi connectivity index (χ1) is 15.3. The van der Waals surface area contributed by atoms with E-state index >= 15 is 0 Å². The van der Waals surface area contributed by atoms with Crippen LogP contribution in [0.1, 0.15) is 41.6 Å². The molecule has 2 heteroatoms. The first-order valence-corrected chi connectivity index (χ1v) is 10.9. The Bertz CT molecular complexity index is 1170. The van der Waals surface area contributed by atoms with Crippen LogP contribution in [0.25, 0.3) is 16.8 Å². The van der Waals surface area contributed by atoms with Gasteiger partial charge in [-0.1, -0.05) is 97.1 Å². The Morgan fingerprint density at radius 1 is 0.677 bits per heavy atom. The van der Waals surface area contributed by atoms with Crippen molar-refractivity contribution in [2.45, 2.75) is 24.9 Å². The number of carbonyl (C=O) groups is 1. The molecule has 1 fully saturated rings. The number of benzene rings is 4. The molecule has 2 nitrogen and oxygen atoms in total. The second kappa shape index (κ2) is 8.61. The van der Waals surface area contributed by atoms with Crippen molar-refractivity contribution in [3.8, 4) is 0 Å². The van der Waals surface area contributed by atoms with Gasteiger partial charge in [-0.2, -0.15) is 0 Å². The second-order valence-electron chi connectivity index (χ2n) is 8.12. The average Bonchev–Trinajstić information content (AvgIpc) is 3.29. The van der Waals surface area contributed by atoms with E-state index in [1.54, 1.807) is 6.08 Å². The van der Waals surface area contributed by atoms with Crippen LogP contribution in [0.2, 0.25) is 0 Å². The predicted molar refractivity (Wildman–Crippen MR) is 127 cm³/mol. The van der Waals surface area contributed by atoms with E-state index in [1.165, 1.54) is 21.9 Å². The zero-order valence-corrected chi connectivity index (χ0v) is 17.4. The van der Waals surface area contributed by atoms with Crippen molar-refractivity contribution < 1.29 is 4.79 Å². The summed E-state index contributed by atoms with van der Waals surface area (Å²) in [7, 11) is 0. The predicted octanol–water partition coefficient (Wildman–Crippen LogP) is 6.96. The number of nitrogens with zero attached hydrogens (tertiary/aromatic N) is 1. The van der Waals surface area contributed by atoms with Gasteiger partial charge in [-0.25, -0.2) is 0 Å². The van der Waals surface area contributed by atoms with E-state index in [2.05, 4.69) is 83.8 Å². The van der Waals surface area contributed by atoms with E-state index < -0.39 is 0 Å².